The van der Waals surface area contributed by atoms with E-state index in [0.717, 1.165) is 30.3 Å². The molecule has 6 nitrogen and oxygen atoms in total. The van der Waals surface area contributed by atoms with Crippen molar-refractivity contribution >= 4 is 5.96 Å². The van der Waals surface area contributed by atoms with E-state index < -0.39 is 0 Å². The third-order valence-corrected chi connectivity index (χ3v) is 4.50. The van der Waals surface area contributed by atoms with Gasteiger partial charge in [-0.05, 0) is 24.0 Å². The summed E-state index contributed by atoms with van der Waals surface area (Å²) in [5.41, 5.74) is 3.39. The number of guanidine groups is 1. The second-order valence-corrected chi connectivity index (χ2v) is 6.21. The zero-order valence-corrected chi connectivity index (χ0v) is 16.2. The zero-order chi connectivity index (χ0) is 18.8. The van der Waals surface area contributed by atoms with Gasteiger partial charge in [-0.25, -0.2) is 0 Å². The first-order chi connectivity index (χ1) is 12.7. The van der Waals surface area contributed by atoms with Crippen LogP contribution in [0.4, 0.5) is 0 Å². The van der Waals surface area contributed by atoms with Gasteiger partial charge in [0.15, 0.2) is 11.7 Å². The molecular weight excluding hydrogens is 328 g/mol. The van der Waals surface area contributed by atoms with Crippen LogP contribution in [-0.4, -0.2) is 25.3 Å². The second kappa shape index (κ2) is 10.6. The number of nitrogens with one attached hydrogen (secondary N) is 2. The summed E-state index contributed by atoms with van der Waals surface area (Å²) in [4.78, 5) is 4.27. The molecule has 2 aromatic rings. The summed E-state index contributed by atoms with van der Waals surface area (Å²) >= 11 is 0. The van der Waals surface area contributed by atoms with Crippen molar-refractivity contribution in [2.24, 2.45) is 4.99 Å². The van der Waals surface area contributed by atoms with Gasteiger partial charge in [0.25, 0.3) is 0 Å². The molecule has 0 unspecified atom stereocenters. The minimum absolute atomic E-state index is 0.460. The number of hydrogen-bond donors (Lipinski definition) is 2. The van der Waals surface area contributed by atoms with Crippen LogP contribution in [0.5, 0.6) is 0 Å². The second-order valence-electron chi connectivity index (χ2n) is 6.21. The monoisotopic (exact) mass is 358 g/mol. The van der Waals surface area contributed by atoms with Gasteiger partial charge in [0.2, 0.25) is 0 Å². The first-order valence-corrected chi connectivity index (χ1v) is 9.17. The van der Waals surface area contributed by atoms with Gasteiger partial charge < -0.3 is 19.9 Å². The summed E-state index contributed by atoms with van der Waals surface area (Å²) in [6.07, 6.45) is 2.14. The molecule has 0 atom stereocenters. The van der Waals surface area contributed by atoms with Gasteiger partial charge in [0, 0.05) is 32.7 Å². The van der Waals surface area contributed by atoms with Gasteiger partial charge in [0.05, 0.1) is 18.8 Å². The van der Waals surface area contributed by atoms with Crippen molar-refractivity contribution < 1.29 is 9.26 Å². The molecule has 1 heterocycles. The number of methoxy groups -OCH3 is 1. The largest absolute Gasteiger partial charge is 0.380 e. The van der Waals surface area contributed by atoms with Crippen LogP contribution in [-0.2, 0) is 24.4 Å². The van der Waals surface area contributed by atoms with Crippen LogP contribution in [0.25, 0.3) is 0 Å². The predicted octanol–water partition coefficient (Wildman–Crippen LogP) is 3.59. The molecule has 0 aliphatic heterocycles. The maximum absolute atomic E-state index is 5.45. The number of rotatable bonds is 9. The van der Waals surface area contributed by atoms with Crippen molar-refractivity contribution in [2.45, 2.75) is 52.3 Å². The van der Waals surface area contributed by atoms with Crippen molar-refractivity contribution in [1.82, 2.24) is 15.8 Å². The molecule has 142 valence electrons. The molecule has 0 aliphatic carbocycles. The standard InChI is InChI=1S/C20H30N4O2/c1-5-15(6-2)19-11-18(26-24-19)13-23-20(21-3)22-12-16-9-7-8-10-17(16)14-25-4/h7-11,15H,5-6,12-14H2,1-4H3,(H2,21,22,23). The van der Waals surface area contributed by atoms with Crippen LogP contribution in [0.3, 0.4) is 0 Å². The van der Waals surface area contributed by atoms with Crippen molar-refractivity contribution in [3.63, 3.8) is 0 Å². The molecule has 0 amide bonds. The van der Waals surface area contributed by atoms with E-state index in [-0.39, 0.29) is 0 Å². The van der Waals surface area contributed by atoms with E-state index in [9.17, 15) is 0 Å². The fraction of sp³-hybridized carbons (Fsp3) is 0.500. The van der Waals surface area contributed by atoms with Crippen molar-refractivity contribution in [2.75, 3.05) is 14.2 Å². The van der Waals surface area contributed by atoms with Crippen LogP contribution < -0.4 is 10.6 Å². The summed E-state index contributed by atoms with van der Waals surface area (Å²) in [5, 5.41) is 10.8. The Morgan fingerprint density at radius 2 is 1.85 bits per heavy atom. The average molecular weight is 358 g/mol. The van der Waals surface area contributed by atoms with E-state index >= 15 is 0 Å². The van der Waals surface area contributed by atoms with E-state index in [1.807, 2.05) is 18.2 Å². The maximum Gasteiger partial charge on any atom is 0.191 e. The van der Waals surface area contributed by atoms with Gasteiger partial charge in [0.1, 0.15) is 0 Å². The molecular formula is C20H30N4O2. The average Bonchev–Trinajstić information content (AvgIpc) is 3.13. The highest BCUT2D eigenvalue weighted by molar-refractivity contribution is 5.79. The topological polar surface area (TPSA) is 71.7 Å². The molecule has 1 aromatic heterocycles. The van der Waals surface area contributed by atoms with Crippen LogP contribution in [0, 0.1) is 0 Å². The van der Waals surface area contributed by atoms with E-state index in [2.05, 4.69) is 46.8 Å². The van der Waals surface area contributed by atoms with E-state index in [1.54, 1.807) is 14.2 Å². The van der Waals surface area contributed by atoms with Crippen molar-refractivity contribution in [1.29, 1.82) is 0 Å². The minimum atomic E-state index is 0.460. The highest BCUT2D eigenvalue weighted by atomic mass is 16.5. The normalized spacial score (nSPS) is 11.8. The van der Waals surface area contributed by atoms with Gasteiger partial charge >= 0.3 is 0 Å². The molecule has 0 aliphatic rings. The Labute approximate surface area is 156 Å². The number of aromatic nitrogens is 1. The summed E-state index contributed by atoms with van der Waals surface area (Å²) in [5.74, 6) is 1.99. The van der Waals surface area contributed by atoms with Crippen LogP contribution in [0.2, 0.25) is 0 Å². The molecule has 0 fully saturated rings. The summed E-state index contributed by atoms with van der Waals surface area (Å²) in [6.45, 7) is 6.17. The lowest BCUT2D eigenvalue weighted by molar-refractivity contribution is 0.184. The van der Waals surface area contributed by atoms with Gasteiger partial charge in [-0.1, -0.05) is 43.3 Å². The summed E-state index contributed by atoms with van der Waals surface area (Å²) in [7, 11) is 3.46. The number of aliphatic imine (C=N–C) groups is 1. The number of hydrogen-bond acceptors (Lipinski definition) is 4. The molecule has 0 spiro atoms. The SMILES string of the molecule is CCC(CC)c1cc(CNC(=NC)NCc2ccccc2COC)on1. The lowest BCUT2D eigenvalue weighted by atomic mass is 9.99. The Morgan fingerprint density at radius 3 is 2.50 bits per heavy atom. The molecule has 0 saturated carbocycles. The summed E-state index contributed by atoms with van der Waals surface area (Å²) in [6, 6.07) is 10.2. The molecule has 0 radical (unpaired) electrons. The fourth-order valence-electron chi connectivity index (χ4n) is 2.91. The lowest BCUT2D eigenvalue weighted by Crippen LogP contribution is -2.36. The van der Waals surface area contributed by atoms with Gasteiger partial charge in [-0.3, -0.25) is 4.99 Å². The zero-order valence-electron chi connectivity index (χ0n) is 16.2. The smallest absolute Gasteiger partial charge is 0.191 e. The lowest BCUT2D eigenvalue weighted by Gasteiger charge is -2.13. The first kappa shape index (κ1) is 20.0. The predicted molar refractivity (Wildman–Crippen MR) is 104 cm³/mol. The Balaban J connectivity index is 1.89. The van der Waals surface area contributed by atoms with Gasteiger partial charge in [-0.2, -0.15) is 0 Å². The third-order valence-electron chi connectivity index (χ3n) is 4.50. The highest BCUT2D eigenvalue weighted by Gasteiger charge is 2.13. The van der Waals surface area contributed by atoms with E-state index in [1.165, 1.54) is 11.1 Å². The van der Waals surface area contributed by atoms with Gasteiger partial charge in [-0.15, -0.1) is 0 Å². The van der Waals surface area contributed by atoms with Crippen molar-refractivity contribution in [3.8, 4) is 0 Å². The quantitative estimate of drug-likeness (QED) is 0.529. The molecule has 2 rings (SSSR count). The van der Waals surface area contributed by atoms with Crippen LogP contribution >= 0.6 is 0 Å². The first-order valence-electron chi connectivity index (χ1n) is 9.17. The number of benzene rings is 1. The van der Waals surface area contributed by atoms with Crippen LogP contribution in [0.1, 0.15) is 55.2 Å². The Kier molecular flexibility index (Phi) is 8.15. The summed E-state index contributed by atoms with van der Waals surface area (Å²) < 4.78 is 10.7. The molecule has 0 saturated heterocycles. The number of ether oxygens (including phenoxy) is 1. The Hall–Kier alpha value is -2.34. The number of nitrogens with zero attached hydrogens (tertiary/aromatic N) is 2. The maximum atomic E-state index is 5.45. The molecule has 2 N–H and O–H groups in total. The highest BCUT2D eigenvalue weighted by Crippen LogP contribution is 2.22. The third kappa shape index (κ3) is 5.59. The van der Waals surface area contributed by atoms with E-state index in [4.69, 9.17) is 9.26 Å². The molecule has 6 heteroatoms. The fourth-order valence-corrected chi connectivity index (χ4v) is 2.91. The minimum Gasteiger partial charge on any atom is -0.380 e. The van der Waals surface area contributed by atoms with Crippen molar-refractivity contribution in [3.05, 3.63) is 52.9 Å². The molecule has 26 heavy (non-hydrogen) atoms. The van der Waals surface area contributed by atoms with Crippen LogP contribution in [0.15, 0.2) is 39.8 Å². The van der Waals surface area contributed by atoms with E-state index in [0.29, 0.717) is 25.6 Å². The Morgan fingerprint density at radius 1 is 1.15 bits per heavy atom. The molecule has 1 aromatic carbocycles. The molecule has 0 bridgehead atoms. The Bertz CT molecular complexity index is 693.